The number of aromatic nitrogens is 2. The summed E-state index contributed by atoms with van der Waals surface area (Å²) in [6, 6.07) is 0. The van der Waals surface area contributed by atoms with Crippen molar-refractivity contribution < 1.29 is 9.59 Å². The van der Waals surface area contributed by atoms with E-state index in [0.29, 0.717) is 31.9 Å². The number of halogens is 1. The zero-order valence-corrected chi connectivity index (χ0v) is 16.7. The van der Waals surface area contributed by atoms with E-state index in [4.69, 9.17) is 11.6 Å². The minimum absolute atomic E-state index is 0.0311. The van der Waals surface area contributed by atoms with Crippen LogP contribution in [0.25, 0.3) is 0 Å². The number of anilines is 1. The molecule has 0 saturated heterocycles. The molecular formula is C18H28ClN5O2. The molecule has 0 saturated carbocycles. The second-order valence-corrected chi connectivity index (χ2v) is 7.49. The number of rotatable bonds is 7. The lowest BCUT2D eigenvalue weighted by Crippen LogP contribution is -2.47. The number of carbonyl (C=O) groups excluding carboxylic acids is 2. The molecule has 1 aromatic rings. The van der Waals surface area contributed by atoms with Gasteiger partial charge in [-0.3, -0.25) is 9.59 Å². The predicted octanol–water partition coefficient (Wildman–Crippen LogP) is 2.53. The summed E-state index contributed by atoms with van der Waals surface area (Å²) >= 11 is 6.13. The van der Waals surface area contributed by atoms with Crippen LogP contribution < -0.4 is 10.6 Å². The Hall–Kier alpha value is -1.89. The molecule has 1 unspecified atom stereocenters. The van der Waals surface area contributed by atoms with Crippen LogP contribution in [0.3, 0.4) is 0 Å². The van der Waals surface area contributed by atoms with E-state index < -0.39 is 0 Å². The van der Waals surface area contributed by atoms with Gasteiger partial charge in [0, 0.05) is 38.9 Å². The smallest absolute Gasteiger partial charge is 0.224 e. The van der Waals surface area contributed by atoms with E-state index in [-0.39, 0.29) is 22.6 Å². The molecular weight excluding hydrogens is 354 g/mol. The lowest BCUT2D eigenvalue weighted by molar-refractivity contribution is -0.129. The normalized spacial score (nSPS) is 15.8. The van der Waals surface area contributed by atoms with Crippen molar-refractivity contribution >= 4 is 29.2 Å². The summed E-state index contributed by atoms with van der Waals surface area (Å²) in [5.74, 6) is 0.610. The Bertz CT molecular complexity index is 682. The Kier molecular flexibility index (Phi) is 6.81. The van der Waals surface area contributed by atoms with Crippen LogP contribution in [0, 0.1) is 0 Å². The van der Waals surface area contributed by atoms with Gasteiger partial charge in [-0.15, -0.1) is 0 Å². The molecule has 0 fully saturated rings. The number of nitrogens with zero attached hydrogens (tertiary/aromatic N) is 3. The number of hydrogen-bond donors (Lipinski definition) is 2. The highest BCUT2D eigenvalue weighted by molar-refractivity contribution is 6.28. The minimum atomic E-state index is -0.369. The second-order valence-electron chi connectivity index (χ2n) is 7.16. The number of amides is 2. The molecule has 1 aliphatic rings. The third-order valence-corrected chi connectivity index (χ3v) is 4.88. The predicted molar refractivity (Wildman–Crippen MR) is 102 cm³/mol. The van der Waals surface area contributed by atoms with E-state index in [1.165, 1.54) is 6.92 Å². The van der Waals surface area contributed by atoms with E-state index in [9.17, 15) is 9.59 Å². The largest absolute Gasteiger partial charge is 0.363 e. The number of carbonyl (C=O) groups is 2. The fraction of sp³-hybridized carbons (Fsp3) is 0.667. The van der Waals surface area contributed by atoms with Crippen LogP contribution in [0.4, 0.5) is 5.82 Å². The number of fused-ring (bicyclic) bond motifs is 1. The Morgan fingerprint density at radius 1 is 1.31 bits per heavy atom. The molecule has 0 bridgehead atoms. The first-order valence-electron chi connectivity index (χ1n) is 9.07. The molecule has 8 heteroatoms. The summed E-state index contributed by atoms with van der Waals surface area (Å²) in [7, 11) is 0. The van der Waals surface area contributed by atoms with Gasteiger partial charge in [0.25, 0.3) is 0 Å². The first-order chi connectivity index (χ1) is 12.2. The van der Waals surface area contributed by atoms with Crippen molar-refractivity contribution in [3.05, 3.63) is 16.5 Å². The lowest BCUT2D eigenvalue weighted by atomic mass is 9.93. The monoisotopic (exact) mass is 381 g/mol. The van der Waals surface area contributed by atoms with Crippen LogP contribution in [-0.4, -0.2) is 45.3 Å². The molecule has 144 valence electrons. The molecule has 0 radical (unpaired) electrons. The summed E-state index contributed by atoms with van der Waals surface area (Å²) in [4.78, 5) is 33.7. The first-order valence-corrected chi connectivity index (χ1v) is 9.45. The van der Waals surface area contributed by atoms with Crippen LogP contribution >= 0.6 is 11.6 Å². The fourth-order valence-corrected chi connectivity index (χ4v) is 3.31. The Morgan fingerprint density at radius 3 is 2.65 bits per heavy atom. The average Bonchev–Trinajstić information content (AvgIpc) is 2.58. The van der Waals surface area contributed by atoms with Gasteiger partial charge in [0.05, 0.1) is 17.8 Å². The summed E-state index contributed by atoms with van der Waals surface area (Å²) in [6.07, 6.45) is 3.60. The summed E-state index contributed by atoms with van der Waals surface area (Å²) in [6.45, 7) is 8.85. The molecule has 7 nitrogen and oxygen atoms in total. The van der Waals surface area contributed by atoms with E-state index >= 15 is 0 Å². The molecule has 2 N–H and O–H groups in total. The molecule has 2 rings (SSSR count). The number of unbranched alkanes of at least 4 members (excludes halogenated alkanes) is 1. The van der Waals surface area contributed by atoms with Crippen LogP contribution in [0.15, 0.2) is 0 Å². The minimum Gasteiger partial charge on any atom is -0.363 e. The van der Waals surface area contributed by atoms with Crippen molar-refractivity contribution in [2.24, 2.45) is 0 Å². The zero-order valence-electron chi connectivity index (χ0n) is 16.0. The third-order valence-electron chi connectivity index (χ3n) is 4.71. The van der Waals surface area contributed by atoms with Crippen molar-refractivity contribution in [2.75, 3.05) is 18.4 Å². The Balaban J connectivity index is 2.31. The molecule has 2 heterocycles. The highest BCUT2D eigenvalue weighted by Crippen LogP contribution is 2.29. The number of nitrogens with one attached hydrogen (secondary N) is 2. The maximum Gasteiger partial charge on any atom is 0.224 e. The Labute approximate surface area is 159 Å². The van der Waals surface area contributed by atoms with Crippen molar-refractivity contribution in [1.82, 2.24) is 20.2 Å². The van der Waals surface area contributed by atoms with Gasteiger partial charge in [0.15, 0.2) is 0 Å². The molecule has 0 spiro atoms. The molecule has 0 aliphatic carbocycles. The zero-order chi connectivity index (χ0) is 19.3. The summed E-state index contributed by atoms with van der Waals surface area (Å²) < 4.78 is 0. The highest BCUT2D eigenvalue weighted by Gasteiger charge is 2.29. The quantitative estimate of drug-likeness (QED) is 0.708. The van der Waals surface area contributed by atoms with Gasteiger partial charge >= 0.3 is 0 Å². The fourth-order valence-electron chi connectivity index (χ4n) is 3.12. The maximum atomic E-state index is 11.8. The van der Waals surface area contributed by atoms with Gasteiger partial charge in [0.2, 0.25) is 17.1 Å². The van der Waals surface area contributed by atoms with E-state index in [1.54, 1.807) is 11.8 Å². The van der Waals surface area contributed by atoms with Crippen molar-refractivity contribution in [1.29, 1.82) is 0 Å². The van der Waals surface area contributed by atoms with E-state index in [2.05, 4.69) is 34.4 Å². The third kappa shape index (κ3) is 5.30. The van der Waals surface area contributed by atoms with Crippen molar-refractivity contribution in [3.63, 3.8) is 0 Å². The molecule has 2 amide bonds. The van der Waals surface area contributed by atoms with Crippen LogP contribution in [-0.2, 0) is 22.6 Å². The molecule has 26 heavy (non-hydrogen) atoms. The van der Waals surface area contributed by atoms with Gasteiger partial charge in [-0.05, 0) is 24.9 Å². The standard InChI is InChI=1S/C18H28ClN5O2/c1-5-6-8-18(4,11-20-12(2)25)23-16-14-10-24(13(3)26)9-7-15(14)21-17(19)22-16/h5-11H2,1-4H3,(H,20,25)(H,21,22,23). The van der Waals surface area contributed by atoms with Crippen molar-refractivity contribution in [2.45, 2.75) is 65.5 Å². The van der Waals surface area contributed by atoms with E-state index in [0.717, 1.165) is 30.5 Å². The molecule has 1 atom stereocenters. The first kappa shape index (κ1) is 20.4. The maximum absolute atomic E-state index is 11.8. The average molecular weight is 382 g/mol. The highest BCUT2D eigenvalue weighted by atomic mass is 35.5. The van der Waals surface area contributed by atoms with Gasteiger partial charge in [-0.1, -0.05) is 19.8 Å². The van der Waals surface area contributed by atoms with Gasteiger partial charge in [-0.2, -0.15) is 0 Å². The molecule has 1 aromatic heterocycles. The lowest BCUT2D eigenvalue weighted by Gasteiger charge is -2.34. The summed E-state index contributed by atoms with van der Waals surface area (Å²) in [5, 5.41) is 6.57. The van der Waals surface area contributed by atoms with Gasteiger partial charge < -0.3 is 15.5 Å². The number of hydrogen-bond acceptors (Lipinski definition) is 5. The van der Waals surface area contributed by atoms with Gasteiger partial charge in [-0.25, -0.2) is 9.97 Å². The summed E-state index contributed by atoms with van der Waals surface area (Å²) in [5.41, 5.74) is 1.41. The van der Waals surface area contributed by atoms with Crippen LogP contribution in [0.5, 0.6) is 0 Å². The van der Waals surface area contributed by atoms with E-state index in [1.807, 2.05) is 0 Å². The van der Waals surface area contributed by atoms with Crippen LogP contribution in [0.2, 0.25) is 5.28 Å². The van der Waals surface area contributed by atoms with Gasteiger partial charge in [0.1, 0.15) is 5.82 Å². The second kappa shape index (κ2) is 8.66. The molecule has 0 aromatic carbocycles. The Morgan fingerprint density at radius 2 is 2.04 bits per heavy atom. The topological polar surface area (TPSA) is 87.2 Å². The SMILES string of the molecule is CCCCC(C)(CNC(C)=O)Nc1nc(Cl)nc2c1CN(C(C)=O)CC2. The van der Waals surface area contributed by atoms with Crippen LogP contribution in [0.1, 0.15) is 58.2 Å². The molecule has 1 aliphatic heterocycles. The van der Waals surface area contributed by atoms with Crippen molar-refractivity contribution in [3.8, 4) is 0 Å².